The van der Waals surface area contributed by atoms with E-state index >= 15 is 0 Å². The Bertz CT molecular complexity index is 1430. The summed E-state index contributed by atoms with van der Waals surface area (Å²) in [6, 6.07) is 24.7. The average Bonchev–Trinajstić information content (AvgIpc) is 3.51. The van der Waals surface area contributed by atoms with Crippen molar-refractivity contribution in [3.63, 3.8) is 0 Å². The van der Waals surface area contributed by atoms with E-state index in [4.69, 9.17) is 0 Å². The van der Waals surface area contributed by atoms with Gasteiger partial charge in [-0.25, -0.2) is 8.42 Å². The topological polar surface area (TPSA) is 86.8 Å². The lowest BCUT2D eigenvalue weighted by atomic mass is 10.0. The van der Waals surface area contributed by atoms with Crippen LogP contribution in [0, 0.1) is 6.92 Å². The van der Waals surface area contributed by atoms with Crippen LogP contribution in [0.2, 0.25) is 0 Å². The molecule has 0 heterocycles. The summed E-state index contributed by atoms with van der Waals surface area (Å²) in [5.74, 6) is -0.303. The van der Waals surface area contributed by atoms with Gasteiger partial charge in [-0.05, 0) is 61.4 Å². The van der Waals surface area contributed by atoms with E-state index in [-0.39, 0.29) is 30.8 Å². The lowest BCUT2D eigenvalue weighted by Crippen LogP contribution is -2.52. The Morgan fingerprint density at radius 1 is 0.884 bits per heavy atom. The summed E-state index contributed by atoms with van der Waals surface area (Å²) in [5.41, 5.74) is 4.75. The van der Waals surface area contributed by atoms with Gasteiger partial charge in [-0.3, -0.25) is 13.9 Å². The van der Waals surface area contributed by atoms with Crippen LogP contribution in [0.3, 0.4) is 0 Å². The first-order valence-electron chi connectivity index (χ1n) is 15.4. The second-order valence-electron chi connectivity index (χ2n) is 11.7. The molecule has 3 aromatic rings. The van der Waals surface area contributed by atoms with E-state index in [9.17, 15) is 18.0 Å². The highest BCUT2D eigenvalue weighted by Crippen LogP contribution is 2.22. The molecule has 0 saturated heterocycles. The normalized spacial score (nSPS) is 14.3. The number of nitrogens with zero attached hydrogens (tertiary/aromatic N) is 2. The molecule has 4 rings (SSSR count). The fraction of sp³-hybridized carbons (Fsp3) is 0.429. The molecule has 0 radical (unpaired) electrons. The van der Waals surface area contributed by atoms with Crippen molar-refractivity contribution in [1.29, 1.82) is 0 Å². The number of carbonyl (C=O) groups excluding carboxylic acids is 2. The molecule has 2 amide bonds. The first-order valence-corrected chi connectivity index (χ1v) is 17.2. The quantitative estimate of drug-likeness (QED) is 0.252. The molecule has 1 atom stereocenters. The number of rotatable bonds is 14. The number of sulfonamides is 1. The van der Waals surface area contributed by atoms with Crippen molar-refractivity contribution in [3.05, 3.63) is 101 Å². The van der Waals surface area contributed by atoms with E-state index in [0.717, 1.165) is 54.4 Å². The Labute approximate surface area is 257 Å². The minimum absolute atomic E-state index is 0.118. The van der Waals surface area contributed by atoms with Crippen LogP contribution in [-0.2, 0) is 39.0 Å². The van der Waals surface area contributed by atoms with Crippen molar-refractivity contribution in [2.24, 2.45) is 0 Å². The van der Waals surface area contributed by atoms with Gasteiger partial charge in [0.2, 0.25) is 21.8 Å². The molecule has 7 nitrogen and oxygen atoms in total. The van der Waals surface area contributed by atoms with E-state index in [1.807, 2.05) is 85.8 Å². The predicted molar refractivity (Wildman–Crippen MR) is 173 cm³/mol. The monoisotopic (exact) mass is 603 g/mol. The van der Waals surface area contributed by atoms with Crippen LogP contribution in [-0.4, -0.2) is 50.0 Å². The Morgan fingerprint density at radius 3 is 2.12 bits per heavy atom. The minimum atomic E-state index is -3.55. The van der Waals surface area contributed by atoms with Gasteiger partial charge in [-0.15, -0.1) is 0 Å². The van der Waals surface area contributed by atoms with Crippen LogP contribution in [0.4, 0.5) is 5.69 Å². The summed E-state index contributed by atoms with van der Waals surface area (Å²) in [4.78, 5) is 29.6. The summed E-state index contributed by atoms with van der Waals surface area (Å²) >= 11 is 0. The van der Waals surface area contributed by atoms with Crippen molar-refractivity contribution < 1.29 is 18.0 Å². The number of amides is 2. The Kier molecular flexibility index (Phi) is 11.4. The third-order valence-electron chi connectivity index (χ3n) is 8.23. The average molecular weight is 604 g/mol. The van der Waals surface area contributed by atoms with Crippen LogP contribution >= 0.6 is 0 Å². The maximum Gasteiger partial charge on any atom is 0.243 e. The summed E-state index contributed by atoms with van der Waals surface area (Å²) in [5, 5.41) is 3.23. The van der Waals surface area contributed by atoms with Crippen LogP contribution < -0.4 is 9.62 Å². The molecule has 230 valence electrons. The highest BCUT2D eigenvalue weighted by molar-refractivity contribution is 7.92. The Morgan fingerprint density at radius 2 is 1.51 bits per heavy atom. The third-order valence-corrected chi connectivity index (χ3v) is 9.42. The van der Waals surface area contributed by atoms with Crippen molar-refractivity contribution in [3.8, 4) is 0 Å². The maximum atomic E-state index is 14.0. The number of aryl methyl sites for hydroxylation is 2. The molecule has 1 saturated carbocycles. The van der Waals surface area contributed by atoms with Crippen LogP contribution in [0.15, 0.2) is 78.9 Å². The Hall–Kier alpha value is -3.65. The fourth-order valence-electron chi connectivity index (χ4n) is 5.71. The number of nitrogens with one attached hydrogen (secondary N) is 1. The highest BCUT2D eigenvalue weighted by Gasteiger charge is 2.32. The van der Waals surface area contributed by atoms with Gasteiger partial charge in [0.05, 0.1) is 11.9 Å². The van der Waals surface area contributed by atoms with Gasteiger partial charge >= 0.3 is 0 Å². The molecule has 1 fully saturated rings. The van der Waals surface area contributed by atoms with Crippen molar-refractivity contribution >= 4 is 27.5 Å². The van der Waals surface area contributed by atoms with E-state index in [1.54, 1.807) is 4.90 Å². The number of hydrogen-bond acceptors (Lipinski definition) is 4. The standard InChI is InChI=1S/C35H45N3O4S/c1-4-28-20-22-32(23-21-28)38(43(3,41)42)24-10-15-34(39)37(26-30-18-16-27(2)17-19-30)33(25-29-11-6-5-7-12-29)35(40)36-31-13-8-9-14-31/h5-7,11-12,16-23,31,33H,4,8-10,13-15,24-26H2,1-3H3,(H,36,40)/t33-/m0/s1. The lowest BCUT2D eigenvalue weighted by Gasteiger charge is -2.33. The zero-order valence-electron chi connectivity index (χ0n) is 25.7. The molecule has 1 aliphatic carbocycles. The van der Waals surface area contributed by atoms with Gasteiger partial charge in [0.25, 0.3) is 0 Å². The molecule has 3 aromatic carbocycles. The molecule has 8 heteroatoms. The maximum absolute atomic E-state index is 14.0. The number of benzene rings is 3. The fourth-order valence-corrected chi connectivity index (χ4v) is 6.68. The third kappa shape index (κ3) is 9.42. The van der Waals surface area contributed by atoms with Gasteiger partial charge < -0.3 is 10.2 Å². The largest absolute Gasteiger partial charge is 0.352 e. The second kappa shape index (κ2) is 15.2. The molecule has 1 N–H and O–H groups in total. The molecule has 43 heavy (non-hydrogen) atoms. The zero-order valence-corrected chi connectivity index (χ0v) is 26.5. The molecular formula is C35H45N3O4S. The minimum Gasteiger partial charge on any atom is -0.352 e. The molecule has 1 aliphatic rings. The molecule has 0 aromatic heterocycles. The van der Waals surface area contributed by atoms with Gasteiger partial charge in [-0.2, -0.15) is 0 Å². The second-order valence-corrected chi connectivity index (χ2v) is 13.6. The van der Waals surface area contributed by atoms with Crippen LogP contribution in [0.1, 0.15) is 67.7 Å². The molecular weight excluding hydrogens is 558 g/mol. The number of hydrogen-bond donors (Lipinski definition) is 1. The van der Waals surface area contributed by atoms with Crippen molar-refractivity contribution in [1.82, 2.24) is 10.2 Å². The van der Waals surface area contributed by atoms with Crippen LogP contribution in [0.5, 0.6) is 0 Å². The lowest BCUT2D eigenvalue weighted by molar-refractivity contribution is -0.141. The highest BCUT2D eigenvalue weighted by atomic mass is 32.2. The van der Waals surface area contributed by atoms with E-state index in [0.29, 0.717) is 25.1 Å². The number of anilines is 1. The molecule has 0 bridgehead atoms. The predicted octanol–water partition coefficient (Wildman–Crippen LogP) is 5.80. The summed E-state index contributed by atoms with van der Waals surface area (Å²) < 4.78 is 26.8. The summed E-state index contributed by atoms with van der Waals surface area (Å²) in [7, 11) is -3.55. The first-order chi connectivity index (χ1) is 20.6. The van der Waals surface area contributed by atoms with E-state index in [1.165, 1.54) is 10.6 Å². The van der Waals surface area contributed by atoms with Gasteiger partial charge in [0.15, 0.2) is 0 Å². The van der Waals surface area contributed by atoms with Gasteiger partial charge in [-0.1, -0.05) is 92.1 Å². The molecule has 0 unspecified atom stereocenters. The smallest absolute Gasteiger partial charge is 0.243 e. The summed E-state index contributed by atoms with van der Waals surface area (Å²) in [6.07, 6.45) is 7.00. The summed E-state index contributed by atoms with van der Waals surface area (Å²) in [6.45, 7) is 4.54. The van der Waals surface area contributed by atoms with Crippen molar-refractivity contribution in [2.75, 3.05) is 17.1 Å². The molecule has 0 aliphatic heterocycles. The van der Waals surface area contributed by atoms with Gasteiger partial charge in [0.1, 0.15) is 6.04 Å². The Balaban J connectivity index is 1.57. The van der Waals surface area contributed by atoms with Gasteiger partial charge in [0, 0.05) is 32.0 Å². The SMILES string of the molecule is CCc1ccc(N(CCCC(=O)N(Cc2ccc(C)cc2)[C@@H](Cc2ccccc2)C(=O)NC2CCCC2)S(C)(=O)=O)cc1. The zero-order chi connectivity index (χ0) is 30.8. The van der Waals surface area contributed by atoms with Crippen molar-refractivity contribution in [2.45, 2.75) is 83.8 Å². The van der Waals surface area contributed by atoms with E-state index in [2.05, 4.69) is 12.2 Å². The van der Waals surface area contributed by atoms with Crippen LogP contribution in [0.25, 0.3) is 0 Å². The first kappa shape index (κ1) is 32.3. The number of carbonyl (C=O) groups is 2. The molecule has 0 spiro atoms. The van der Waals surface area contributed by atoms with E-state index < -0.39 is 16.1 Å².